The van der Waals surface area contributed by atoms with Crippen molar-refractivity contribution in [3.05, 3.63) is 79.0 Å². The number of aromatic amines is 1. The molecule has 3 aromatic carbocycles. The van der Waals surface area contributed by atoms with Crippen molar-refractivity contribution in [1.29, 1.82) is 0 Å². The van der Waals surface area contributed by atoms with Gasteiger partial charge in [0.05, 0.1) is 0 Å². The van der Waals surface area contributed by atoms with Crippen LogP contribution in [0, 0.1) is 0 Å². The van der Waals surface area contributed by atoms with Crippen LogP contribution in [0.2, 0.25) is 0 Å². The number of H-pyrrole nitrogens is 1. The van der Waals surface area contributed by atoms with E-state index in [1.165, 1.54) is 42.1 Å². The Hall–Kier alpha value is -3.17. The molecule has 0 aliphatic carbocycles. The summed E-state index contributed by atoms with van der Waals surface area (Å²) in [5.74, 6) is 0. The van der Waals surface area contributed by atoms with Crippen molar-refractivity contribution in [2.75, 3.05) is 0 Å². The van der Waals surface area contributed by atoms with Crippen LogP contribution < -0.4 is 0 Å². The fraction of sp³-hybridized carbons (Fsp3) is 0. The average Bonchev–Trinajstić information content (AvgIpc) is 3.26. The van der Waals surface area contributed by atoms with E-state index in [0.717, 1.165) is 11.2 Å². The van der Waals surface area contributed by atoms with Crippen molar-refractivity contribution in [3.63, 3.8) is 0 Å². The molecule has 26 heavy (non-hydrogen) atoms. The van der Waals surface area contributed by atoms with Gasteiger partial charge in [0.1, 0.15) is 5.65 Å². The second kappa shape index (κ2) is 5.16. The van der Waals surface area contributed by atoms with Gasteiger partial charge >= 0.3 is 0 Å². The third-order valence-electron chi connectivity index (χ3n) is 5.07. The van der Waals surface area contributed by atoms with E-state index in [4.69, 9.17) is 4.98 Å². The molecule has 3 heterocycles. The van der Waals surface area contributed by atoms with Crippen molar-refractivity contribution in [2.24, 2.45) is 0 Å². The third-order valence-corrected chi connectivity index (χ3v) is 6.35. The normalized spacial score (nSPS) is 11.8. The van der Waals surface area contributed by atoms with Crippen molar-refractivity contribution in [1.82, 2.24) is 9.97 Å². The van der Waals surface area contributed by atoms with Crippen LogP contribution in [0.3, 0.4) is 0 Å². The molecule has 0 bridgehead atoms. The first-order valence-electron chi connectivity index (χ1n) is 8.66. The summed E-state index contributed by atoms with van der Waals surface area (Å²) < 4.78 is 2.64. The highest BCUT2D eigenvalue weighted by molar-refractivity contribution is 7.27. The minimum atomic E-state index is 0.964. The van der Waals surface area contributed by atoms with Gasteiger partial charge in [0.15, 0.2) is 0 Å². The highest BCUT2D eigenvalue weighted by Crippen LogP contribution is 2.43. The highest BCUT2D eigenvalue weighted by atomic mass is 32.1. The van der Waals surface area contributed by atoms with Crippen LogP contribution in [0.1, 0.15) is 0 Å². The predicted octanol–water partition coefficient (Wildman–Crippen LogP) is 6.75. The van der Waals surface area contributed by atoms with Crippen LogP contribution in [0.4, 0.5) is 0 Å². The molecule has 0 spiro atoms. The smallest absolute Gasteiger partial charge is 0.139 e. The maximum absolute atomic E-state index is 4.72. The number of benzene rings is 3. The van der Waals surface area contributed by atoms with Crippen LogP contribution in [0.5, 0.6) is 0 Å². The summed E-state index contributed by atoms with van der Waals surface area (Å²) in [5, 5.41) is 5.00. The zero-order chi connectivity index (χ0) is 17.1. The van der Waals surface area contributed by atoms with Crippen LogP contribution >= 0.6 is 11.3 Å². The summed E-state index contributed by atoms with van der Waals surface area (Å²) >= 11 is 1.87. The molecule has 6 aromatic rings. The molecule has 122 valence electrons. The van der Waals surface area contributed by atoms with E-state index in [1.807, 2.05) is 17.5 Å². The second-order valence-electron chi connectivity index (χ2n) is 6.55. The fourth-order valence-electron chi connectivity index (χ4n) is 3.88. The Morgan fingerprint density at radius 3 is 2.42 bits per heavy atom. The summed E-state index contributed by atoms with van der Waals surface area (Å²) in [6.45, 7) is 0. The molecule has 0 saturated heterocycles. The van der Waals surface area contributed by atoms with Gasteiger partial charge < -0.3 is 4.98 Å². The van der Waals surface area contributed by atoms with Gasteiger partial charge in [-0.2, -0.15) is 0 Å². The Bertz CT molecular complexity index is 1420. The Morgan fingerprint density at radius 1 is 0.692 bits per heavy atom. The summed E-state index contributed by atoms with van der Waals surface area (Å²) in [6, 6.07) is 25.6. The van der Waals surface area contributed by atoms with Crippen LogP contribution in [0.15, 0.2) is 79.0 Å². The minimum absolute atomic E-state index is 0.964. The minimum Gasteiger partial charge on any atom is -0.339 e. The lowest BCUT2D eigenvalue weighted by molar-refractivity contribution is 1.37. The SMILES string of the molecule is c1ccc(-c2cccc3c2sc2c3cnc3[nH]c4ccccc4c32)cc1. The number of aromatic nitrogens is 2. The van der Waals surface area contributed by atoms with Gasteiger partial charge in [-0.1, -0.05) is 66.7 Å². The first kappa shape index (κ1) is 14.0. The number of pyridine rings is 1. The topological polar surface area (TPSA) is 28.7 Å². The molecule has 3 aromatic heterocycles. The number of fused-ring (bicyclic) bond motifs is 7. The van der Waals surface area contributed by atoms with Crippen molar-refractivity contribution in [2.45, 2.75) is 0 Å². The quantitative estimate of drug-likeness (QED) is 0.349. The third kappa shape index (κ3) is 1.83. The number of nitrogens with zero attached hydrogens (tertiary/aromatic N) is 1. The Labute approximate surface area is 153 Å². The van der Waals surface area contributed by atoms with E-state index in [2.05, 4.69) is 77.8 Å². The predicted molar refractivity (Wildman–Crippen MR) is 112 cm³/mol. The molecule has 6 rings (SSSR count). The number of thiophene rings is 1. The zero-order valence-electron chi connectivity index (χ0n) is 13.9. The van der Waals surface area contributed by atoms with Gasteiger partial charge in [0.2, 0.25) is 0 Å². The molecule has 0 radical (unpaired) electrons. The van der Waals surface area contributed by atoms with Crippen molar-refractivity contribution in [3.8, 4) is 11.1 Å². The highest BCUT2D eigenvalue weighted by Gasteiger charge is 2.15. The number of hydrogen-bond acceptors (Lipinski definition) is 2. The number of rotatable bonds is 1. The molecule has 0 unspecified atom stereocenters. The molecule has 0 aliphatic rings. The van der Waals surface area contributed by atoms with E-state index in [-0.39, 0.29) is 0 Å². The molecule has 2 nitrogen and oxygen atoms in total. The lowest BCUT2D eigenvalue weighted by atomic mass is 10.0. The lowest BCUT2D eigenvalue weighted by Crippen LogP contribution is -1.77. The molecule has 0 fully saturated rings. The van der Waals surface area contributed by atoms with Crippen LogP contribution in [-0.2, 0) is 0 Å². The molecule has 0 aliphatic heterocycles. The lowest BCUT2D eigenvalue weighted by Gasteiger charge is -2.02. The van der Waals surface area contributed by atoms with Gasteiger partial charge in [-0.25, -0.2) is 4.98 Å². The summed E-state index contributed by atoms with van der Waals surface area (Å²) in [4.78, 5) is 8.18. The summed E-state index contributed by atoms with van der Waals surface area (Å²) in [5.41, 5.74) is 4.65. The maximum Gasteiger partial charge on any atom is 0.139 e. The molecule has 0 atom stereocenters. The first-order valence-corrected chi connectivity index (χ1v) is 9.48. The van der Waals surface area contributed by atoms with E-state index in [9.17, 15) is 0 Å². The van der Waals surface area contributed by atoms with E-state index >= 15 is 0 Å². The average molecular weight is 350 g/mol. The van der Waals surface area contributed by atoms with Gasteiger partial charge in [0, 0.05) is 42.7 Å². The van der Waals surface area contributed by atoms with Gasteiger partial charge in [-0.05, 0) is 17.2 Å². The number of para-hydroxylation sites is 1. The van der Waals surface area contributed by atoms with E-state index in [1.54, 1.807) is 0 Å². The fourth-order valence-corrected chi connectivity index (χ4v) is 5.25. The Kier molecular flexibility index (Phi) is 2.79. The zero-order valence-corrected chi connectivity index (χ0v) is 14.7. The second-order valence-corrected chi connectivity index (χ2v) is 7.57. The number of hydrogen-bond donors (Lipinski definition) is 1. The molecule has 1 N–H and O–H groups in total. The monoisotopic (exact) mass is 350 g/mol. The number of nitrogens with one attached hydrogen (secondary N) is 1. The summed E-state index contributed by atoms with van der Waals surface area (Å²) in [7, 11) is 0. The van der Waals surface area contributed by atoms with Crippen molar-refractivity contribution < 1.29 is 0 Å². The van der Waals surface area contributed by atoms with Gasteiger partial charge in [-0.15, -0.1) is 11.3 Å². The van der Waals surface area contributed by atoms with Gasteiger partial charge in [0.25, 0.3) is 0 Å². The molecule has 0 saturated carbocycles. The maximum atomic E-state index is 4.72. The standard InChI is InChI=1S/C23H14N2S/c1-2-7-14(8-3-1)15-10-6-11-16-18-13-24-23-20(22(18)26-21(15)16)17-9-4-5-12-19(17)25-23/h1-13H,(H,24,25). The Balaban J connectivity index is 1.81. The van der Waals surface area contributed by atoms with Crippen LogP contribution in [0.25, 0.3) is 53.2 Å². The van der Waals surface area contributed by atoms with E-state index in [0.29, 0.717) is 0 Å². The van der Waals surface area contributed by atoms with Crippen molar-refractivity contribution >= 4 is 53.4 Å². The molecule has 3 heteroatoms. The van der Waals surface area contributed by atoms with Crippen LogP contribution in [-0.4, -0.2) is 9.97 Å². The molecular weight excluding hydrogens is 336 g/mol. The Morgan fingerprint density at radius 2 is 1.50 bits per heavy atom. The summed E-state index contributed by atoms with van der Waals surface area (Å²) in [6.07, 6.45) is 2.01. The molecule has 0 amide bonds. The van der Waals surface area contributed by atoms with Gasteiger partial charge in [-0.3, -0.25) is 0 Å². The molecular formula is C23H14N2S. The largest absolute Gasteiger partial charge is 0.339 e. The van der Waals surface area contributed by atoms with E-state index < -0.39 is 0 Å². The first-order chi connectivity index (χ1) is 12.9.